The van der Waals surface area contributed by atoms with Crippen LogP contribution in [-0.4, -0.2) is 15.1 Å². The molecular formula is C13H10N4O3S. The Balaban J connectivity index is 2.15. The summed E-state index contributed by atoms with van der Waals surface area (Å²) in [5, 5.41) is 17.4. The second-order valence-electron chi connectivity index (χ2n) is 4.34. The van der Waals surface area contributed by atoms with E-state index >= 15 is 0 Å². The third kappa shape index (κ3) is 2.36. The van der Waals surface area contributed by atoms with Gasteiger partial charge in [0.15, 0.2) is 5.69 Å². The van der Waals surface area contributed by atoms with Crippen molar-refractivity contribution >= 4 is 33.1 Å². The molecule has 0 spiro atoms. The lowest BCUT2D eigenvalue weighted by molar-refractivity contribution is 0.476. The summed E-state index contributed by atoms with van der Waals surface area (Å²) in [6.45, 7) is 1.69. The molecule has 3 rings (SSSR count). The van der Waals surface area contributed by atoms with E-state index in [4.69, 9.17) is 0 Å². The minimum absolute atomic E-state index is 0.0253. The fourth-order valence-corrected chi connectivity index (χ4v) is 2.70. The Morgan fingerprint density at radius 1 is 1.14 bits per heavy atom. The average molecular weight is 302 g/mol. The highest BCUT2D eigenvalue weighted by atomic mass is 32.1. The number of para-hydroxylation sites is 1. The maximum atomic E-state index is 12.0. The second kappa shape index (κ2) is 4.98. The average Bonchev–Trinajstić information content (AvgIpc) is 2.81. The summed E-state index contributed by atoms with van der Waals surface area (Å²) in [7, 11) is 0. The SMILES string of the molecule is Cc1c(N=Nc2ccccc2O)c(=O)[nH]c2[nH]c(=O)sc12. The van der Waals surface area contributed by atoms with Crippen LogP contribution in [0.1, 0.15) is 5.56 Å². The minimum atomic E-state index is -0.451. The van der Waals surface area contributed by atoms with Crippen LogP contribution in [0.5, 0.6) is 5.75 Å². The predicted octanol–water partition coefficient (Wildman–Crippen LogP) is 2.71. The van der Waals surface area contributed by atoms with Crippen LogP contribution in [0.3, 0.4) is 0 Å². The Morgan fingerprint density at radius 3 is 2.67 bits per heavy atom. The zero-order valence-electron chi connectivity index (χ0n) is 10.9. The van der Waals surface area contributed by atoms with E-state index in [-0.39, 0.29) is 22.0 Å². The van der Waals surface area contributed by atoms with Crippen molar-refractivity contribution in [2.75, 3.05) is 0 Å². The van der Waals surface area contributed by atoms with Gasteiger partial charge in [0.25, 0.3) is 5.56 Å². The van der Waals surface area contributed by atoms with Crippen LogP contribution >= 0.6 is 11.3 Å². The Hall–Kier alpha value is -2.74. The van der Waals surface area contributed by atoms with Crippen molar-refractivity contribution < 1.29 is 5.11 Å². The number of nitrogens with zero attached hydrogens (tertiary/aromatic N) is 2. The van der Waals surface area contributed by atoms with Crippen LogP contribution < -0.4 is 10.4 Å². The molecular weight excluding hydrogens is 292 g/mol. The number of nitrogens with one attached hydrogen (secondary N) is 2. The monoisotopic (exact) mass is 302 g/mol. The number of hydrogen-bond acceptors (Lipinski definition) is 6. The normalized spacial score (nSPS) is 11.5. The van der Waals surface area contributed by atoms with E-state index in [9.17, 15) is 14.7 Å². The zero-order valence-corrected chi connectivity index (χ0v) is 11.7. The number of aromatic hydroxyl groups is 1. The van der Waals surface area contributed by atoms with Crippen LogP contribution in [0, 0.1) is 6.92 Å². The molecule has 7 nitrogen and oxygen atoms in total. The van der Waals surface area contributed by atoms with Crippen LogP contribution in [0.2, 0.25) is 0 Å². The lowest BCUT2D eigenvalue weighted by atomic mass is 10.2. The number of H-pyrrole nitrogens is 2. The molecule has 0 aliphatic carbocycles. The fraction of sp³-hybridized carbons (Fsp3) is 0.0769. The number of pyridine rings is 1. The topological polar surface area (TPSA) is 111 Å². The lowest BCUT2D eigenvalue weighted by Crippen LogP contribution is -2.06. The van der Waals surface area contributed by atoms with Gasteiger partial charge in [0.05, 0.1) is 4.70 Å². The number of rotatable bonds is 2. The highest BCUT2D eigenvalue weighted by Crippen LogP contribution is 2.28. The summed E-state index contributed by atoms with van der Waals surface area (Å²) in [6, 6.07) is 6.42. The number of phenols is 1. The van der Waals surface area contributed by atoms with Gasteiger partial charge in [-0.1, -0.05) is 23.5 Å². The fourth-order valence-electron chi connectivity index (χ4n) is 1.90. The largest absolute Gasteiger partial charge is 0.506 e. The van der Waals surface area contributed by atoms with E-state index in [0.717, 1.165) is 11.3 Å². The van der Waals surface area contributed by atoms with E-state index < -0.39 is 5.56 Å². The highest BCUT2D eigenvalue weighted by Gasteiger charge is 2.11. The van der Waals surface area contributed by atoms with Crippen LogP contribution in [-0.2, 0) is 0 Å². The molecule has 3 N–H and O–H groups in total. The highest BCUT2D eigenvalue weighted by molar-refractivity contribution is 7.16. The Bertz CT molecular complexity index is 967. The van der Waals surface area contributed by atoms with Gasteiger partial charge in [0.1, 0.15) is 17.1 Å². The summed E-state index contributed by atoms with van der Waals surface area (Å²) in [5.41, 5.74) is 0.873. The number of azo groups is 1. The van der Waals surface area contributed by atoms with E-state index in [2.05, 4.69) is 20.2 Å². The molecule has 0 fully saturated rings. The van der Waals surface area contributed by atoms with Crippen molar-refractivity contribution in [2.24, 2.45) is 10.2 Å². The Labute approximate surface area is 121 Å². The summed E-state index contributed by atoms with van der Waals surface area (Å²) < 4.78 is 0.630. The Kier molecular flexibility index (Phi) is 3.15. The van der Waals surface area contributed by atoms with Gasteiger partial charge < -0.3 is 10.1 Å². The molecule has 0 saturated heterocycles. The van der Waals surface area contributed by atoms with Gasteiger partial charge in [-0.2, -0.15) is 0 Å². The quantitative estimate of drug-likeness (QED) is 0.633. The van der Waals surface area contributed by atoms with Crippen LogP contribution in [0.15, 0.2) is 44.1 Å². The van der Waals surface area contributed by atoms with Crippen molar-refractivity contribution in [1.29, 1.82) is 0 Å². The van der Waals surface area contributed by atoms with Crippen molar-refractivity contribution in [3.63, 3.8) is 0 Å². The van der Waals surface area contributed by atoms with Crippen molar-refractivity contribution in [1.82, 2.24) is 9.97 Å². The van der Waals surface area contributed by atoms with Gasteiger partial charge in [-0.25, -0.2) is 0 Å². The summed E-state index contributed by atoms with van der Waals surface area (Å²) in [4.78, 5) is 28.2. The molecule has 106 valence electrons. The predicted molar refractivity (Wildman–Crippen MR) is 80.1 cm³/mol. The molecule has 8 heteroatoms. The number of aryl methyl sites for hydroxylation is 1. The number of hydrogen-bond donors (Lipinski definition) is 3. The maximum Gasteiger partial charge on any atom is 0.306 e. The van der Waals surface area contributed by atoms with Crippen molar-refractivity contribution in [2.45, 2.75) is 6.92 Å². The van der Waals surface area contributed by atoms with E-state index in [1.165, 1.54) is 6.07 Å². The van der Waals surface area contributed by atoms with Gasteiger partial charge in [0.2, 0.25) is 0 Å². The molecule has 0 bridgehead atoms. The van der Waals surface area contributed by atoms with Crippen molar-refractivity contribution in [3.8, 4) is 5.75 Å². The van der Waals surface area contributed by atoms with Gasteiger partial charge in [-0.15, -0.1) is 10.2 Å². The third-order valence-electron chi connectivity index (χ3n) is 2.94. The first kappa shape index (κ1) is 13.3. The zero-order chi connectivity index (χ0) is 15.0. The standard InChI is InChI=1S/C13H10N4O3S/c1-6-9(17-16-7-4-2-3-5-8(7)18)12(19)14-11-10(6)21-13(20)15-11/h2-5,18H,1H3,(H2,14,15,19,20). The van der Waals surface area contributed by atoms with Gasteiger partial charge in [-0.3, -0.25) is 14.6 Å². The molecule has 1 aromatic carbocycles. The maximum absolute atomic E-state index is 12.0. The molecule has 2 aromatic heterocycles. The van der Waals surface area contributed by atoms with E-state index in [1.807, 2.05) is 0 Å². The van der Waals surface area contributed by atoms with Gasteiger partial charge >= 0.3 is 4.87 Å². The molecule has 0 aliphatic rings. The molecule has 0 amide bonds. The molecule has 0 aliphatic heterocycles. The number of aromatic nitrogens is 2. The number of benzene rings is 1. The first-order valence-corrected chi connectivity index (χ1v) is 6.83. The number of thiazole rings is 1. The smallest absolute Gasteiger partial charge is 0.306 e. The third-order valence-corrected chi connectivity index (χ3v) is 3.94. The number of aromatic amines is 2. The van der Waals surface area contributed by atoms with Crippen LogP contribution in [0.4, 0.5) is 11.4 Å². The number of phenolic OH excluding ortho intramolecular Hbond substituents is 1. The molecule has 3 aromatic rings. The summed E-state index contributed by atoms with van der Waals surface area (Å²) >= 11 is 0.994. The lowest BCUT2D eigenvalue weighted by Gasteiger charge is -2.00. The Morgan fingerprint density at radius 2 is 1.90 bits per heavy atom. The molecule has 0 atom stereocenters. The molecule has 2 heterocycles. The molecule has 21 heavy (non-hydrogen) atoms. The molecule has 0 radical (unpaired) electrons. The van der Waals surface area contributed by atoms with Crippen molar-refractivity contribution in [3.05, 3.63) is 49.9 Å². The molecule has 0 unspecified atom stereocenters. The first-order valence-electron chi connectivity index (χ1n) is 6.01. The first-order chi connectivity index (χ1) is 10.1. The van der Waals surface area contributed by atoms with E-state index in [1.54, 1.807) is 25.1 Å². The second-order valence-corrected chi connectivity index (χ2v) is 5.32. The molecule has 0 saturated carbocycles. The van der Waals surface area contributed by atoms with Gasteiger partial charge in [-0.05, 0) is 19.1 Å². The van der Waals surface area contributed by atoms with Crippen LogP contribution in [0.25, 0.3) is 10.3 Å². The number of fused-ring (bicyclic) bond motifs is 1. The van der Waals surface area contributed by atoms with Gasteiger partial charge in [0, 0.05) is 5.56 Å². The summed E-state index contributed by atoms with van der Waals surface area (Å²) in [5.74, 6) is -0.0253. The minimum Gasteiger partial charge on any atom is -0.506 e. The van der Waals surface area contributed by atoms with E-state index in [0.29, 0.717) is 15.9 Å². The summed E-state index contributed by atoms with van der Waals surface area (Å²) in [6.07, 6.45) is 0.